The number of nitrogens with zero attached hydrogens (tertiary/aromatic N) is 2. The minimum absolute atomic E-state index is 0.0117. The third kappa shape index (κ3) is 0.948. The van der Waals surface area contributed by atoms with Crippen molar-refractivity contribution in [2.45, 2.75) is 31.7 Å². The minimum Gasteiger partial charge on any atom is -0.340 e. The molecule has 0 atom stereocenters. The average molecular weight is 167 g/mol. The molecule has 1 aliphatic carbocycles. The van der Waals surface area contributed by atoms with Crippen LogP contribution < -0.4 is 5.32 Å². The van der Waals surface area contributed by atoms with Crippen LogP contribution in [-0.2, 0) is 5.54 Å². The molecule has 1 aromatic rings. The SMILES string of the molecule is CNC1(c2noc(C)n2)CCC1. The summed E-state index contributed by atoms with van der Waals surface area (Å²) in [5.74, 6) is 1.46. The van der Waals surface area contributed by atoms with E-state index in [0.717, 1.165) is 18.7 Å². The standard InChI is InChI=1S/C8H13N3O/c1-6-10-7(11-12-6)8(9-2)4-3-5-8/h9H,3-5H2,1-2H3. The molecular weight excluding hydrogens is 154 g/mol. The molecule has 0 aliphatic heterocycles. The van der Waals surface area contributed by atoms with Crippen LogP contribution in [0.1, 0.15) is 31.0 Å². The topological polar surface area (TPSA) is 51.0 Å². The van der Waals surface area contributed by atoms with E-state index in [0.29, 0.717) is 5.89 Å². The Hall–Kier alpha value is -0.900. The van der Waals surface area contributed by atoms with Crippen molar-refractivity contribution in [2.75, 3.05) is 7.05 Å². The summed E-state index contributed by atoms with van der Waals surface area (Å²) in [6, 6.07) is 0. The van der Waals surface area contributed by atoms with Gasteiger partial charge in [-0.2, -0.15) is 4.98 Å². The second-order valence-electron chi connectivity index (χ2n) is 3.32. The number of nitrogens with one attached hydrogen (secondary N) is 1. The van der Waals surface area contributed by atoms with Crippen molar-refractivity contribution in [1.82, 2.24) is 15.5 Å². The van der Waals surface area contributed by atoms with Gasteiger partial charge in [-0.25, -0.2) is 0 Å². The summed E-state index contributed by atoms with van der Waals surface area (Å²) in [4.78, 5) is 4.24. The van der Waals surface area contributed by atoms with Crippen molar-refractivity contribution < 1.29 is 4.52 Å². The highest BCUT2D eigenvalue weighted by atomic mass is 16.5. The van der Waals surface area contributed by atoms with Crippen LogP contribution in [0, 0.1) is 6.92 Å². The fourth-order valence-electron chi connectivity index (χ4n) is 1.61. The summed E-state index contributed by atoms with van der Waals surface area (Å²) in [7, 11) is 1.95. The van der Waals surface area contributed by atoms with Crippen molar-refractivity contribution >= 4 is 0 Å². The Bertz CT molecular complexity index is 272. The van der Waals surface area contributed by atoms with Crippen LogP contribution in [0.3, 0.4) is 0 Å². The third-order valence-electron chi connectivity index (χ3n) is 2.64. The van der Waals surface area contributed by atoms with E-state index in [2.05, 4.69) is 15.5 Å². The lowest BCUT2D eigenvalue weighted by molar-refractivity contribution is 0.181. The molecule has 0 unspecified atom stereocenters. The van der Waals surface area contributed by atoms with Gasteiger partial charge in [0.15, 0.2) is 5.82 Å². The summed E-state index contributed by atoms with van der Waals surface area (Å²) in [6.45, 7) is 1.82. The van der Waals surface area contributed by atoms with E-state index in [1.165, 1.54) is 6.42 Å². The maximum Gasteiger partial charge on any atom is 0.223 e. The Morgan fingerprint density at radius 1 is 1.50 bits per heavy atom. The maximum atomic E-state index is 4.95. The van der Waals surface area contributed by atoms with Gasteiger partial charge in [0, 0.05) is 6.92 Å². The number of aryl methyl sites for hydroxylation is 1. The monoisotopic (exact) mass is 167 g/mol. The van der Waals surface area contributed by atoms with Crippen molar-refractivity contribution in [3.05, 3.63) is 11.7 Å². The number of rotatable bonds is 2. The molecule has 1 heterocycles. The zero-order chi connectivity index (χ0) is 8.60. The maximum absolute atomic E-state index is 4.95. The molecule has 0 saturated heterocycles. The quantitative estimate of drug-likeness (QED) is 0.713. The van der Waals surface area contributed by atoms with Crippen LogP contribution in [0.2, 0.25) is 0 Å². The van der Waals surface area contributed by atoms with Crippen LogP contribution in [-0.4, -0.2) is 17.2 Å². The van der Waals surface area contributed by atoms with E-state index in [4.69, 9.17) is 4.52 Å². The molecule has 1 aliphatic rings. The fraction of sp³-hybridized carbons (Fsp3) is 0.750. The summed E-state index contributed by atoms with van der Waals surface area (Å²) >= 11 is 0. The van der Waals surface area contributed by atoms with Gasteiger partial charge in [-0.15, -0.1) is 0 Å². The minimum atomic E-state index is 0.0117. The van der Waals surface area contributed by atoms with Crippen LogP contribution in [0.25, 0.3) is 0 Å². The van der Waals surface area contributed by atoms with Gasteiger partial charge in [-0.1, -0.05) is 5.16 Å². The van der Waals surface area contributed by atoms with Gasteiger partial charge in [-0.05, 0) is 26.3 Å². The molecule has 0 aromatic carbocycles. The summed E-state index contributed by atoms with van der Waals surface area (Å²) in [5, 5.41) is 7.19. The first-order valence-electron chi connectivity index (χ1n) is 4.26. The van der Waals surface area contributed by atoms with Crippen molar-refractivity contribution in [2.24, 2.45) is 0 Å². The molecule has 4 nitrogen and oxygen atoms in total. The second-order valence-corrected chi connectivity index (χ2v) is 3.32. The molecule has 0 amide bonds. The lowest BCUT2D eigenvalue weighted by Crippen LogP contribution is -2.46. The number of hydrogen-bond donors (Lipinski definition) is 1. The Morgan fingerprint density at radius 3 is 2.58 bits per heavy atom. The van der Waals surface area contributed by atoms with Crippen molar-refractivity contribution in [3.63, 3.8) is 0 Å². The van der Waals surface area contributed by atoms with Gasteiger partial charge in [-0.3, -0.25) is 0 Å². The largest absolute Gasteiger partial charge is 0.340 e. The molecule has 2 rings (SSSR count). The van der Waals surface area contributed by atoms with E-state index >= 15 is 0 Å². The molecule has 66 valence electrons. The Labute approximate surface area is 71.4 Å². The van der Waals surface area contributed by atoms with Crippen LogP contribution >= 0.6 is 0 Å². The predicted molar refractivity (Wildman–Crippen MR) is 43.6 cm³/mol. The van der Waals surface area contributed by atoms with Crippen molar-refractivity contribution in [1.29, 1.82) is 0 Å². The van der Waals surface area contributed by atoms with Gasteiger partial charge in [0.1, 0.15) is 0 Å². The number of aromatic nitrogens is 2. The van der Waals surface area contributed by atoms with Crippen molar-refractivity contribution in [3.8, 4) is 0 Å². The van der Waals surface area contributed by atoms with E-state index in [9.17, 15) is 0 Å². The Morgan fingerprint density at radius 2 is 2.25 bits per heavy atom. The second kappa shape index (κ2) is 2.55. The Balaban J connectivity index is 2.27. The first-order chi connectivity index (χ1) is 5.77. The molecule has 0 radical (unpaired) electrons. The van der Waals surface area contributed by atoms with E-state index in [1.807, 2.05) is 14.0 Å². The normalized spacial score (nSPS) is 20.5. The summed E-state index contributed by atoms with van der Waals surface area (Å²) in [5.41, 5.74) is 0.0117. The number of hydrogen-bond acceptors (Lipinski definition) is 4. The molecule has 12 heavy (non-hydrogen) atoms. The lowest BCUT2D eigenvalue weighted by Gasteiger charge is -2.38. The van der Waals surface area contributed by atoms with E-state index in [-0.39, 0.29) is 5.54 Å². The van der Waals surface area contributed by atoms with Crippen LogP contribution in [0.4, 0.5) is 0 Å². The van der Waals surface area contributed by atoms with E-state index < -0.39 is 0 Å². The molecule has 4 heteroatoms. The highest BCUT2D eigenvalue weighted by molar-refractivity contribution is 5.09. The lowest BCUT2D eigenvalue weighted by atomic mass is 9.76. The first kappa shape index (κ1) is 7.73. The predicted octanol–water partition coefficient (Wildman–Crippen LogP) is 0.977. The average Bonchev–Trinajstić information content (AvgIpc) is 2.35. The van der Waals surface area contributed by atoms with Crippen LogP contribution in [0.15, 0.2) is 4.52 Å². The zero-order valence-electron chi connectivity index (χ0n) is 7.42. The molecule has 0 spiro atoms. The van der Waals surface area contributed by atoms with Gasteiger partial charge < -0.3 is 9.84 Å². The fourth-order valence-corrected chi connectivity index (χ4v) is 1.61. The van der Waals surface area contributed by atoms with Crippen LogP contribution in [0.5, 0.6) is 0 Å². The third-order valence-corrected chi connectivity index (χ3v) is 2.64. The zero-order valence-corrected chi connectivity index (χ0v) is 7.42. The highest BCUT2D eigenvalue weighted by Gasteiger charge is 2.41. The molecule has 0 bridgehead atoms. The smallest absolute Gasteiger partial charge is 0.223 e. The van der Waals surface area contributed by atoms with Gasteiger partial charge >= 0.3 is 0 Å². The van der Waals surface area contributed by atoms with Gasteiger partial charge in [0.05, 0.1) is 5.54 Å². The summed E-state index contributed by atoms with van der Waals surface area (Å²) < 4.78 is 4.95. The summed E-state index contributed by atoms with van der Waals surface area (Å²) in [6.07, 6.45) is 3.47. The van der Waals surface area contributed by atoms with Gasteiger partial charge in [0.25, 0.3) is 0 Å². The molecular formula is C8H13N3O. The van der Waals surface area contributed by atoms with Gasteiger partial charge in [0.2, 0.25) is 5.89 Å². The highest BCUT2D eigenvalue weighted by Crippen LogP contribution is 2.39. The molecule has 1 saturated carbocycles. The first-order valence-corrected chi connectivity index (χ1v) is 4.26. The molecule has 1 fully saturated rings. The Kier molecular flexibility index (Phi) is 1.65. The molecule has 1 aromatic heterocycles. The molecule has 1 N–H and O–H groups in total. The van der Waals surface area contributed by atoms with E-state index in [1.54, 1.807) is 0 Å².